The minimum atomic E-state index is -3.32. The summed E-state index contributed by atoms with van der Waals surface area (Å²) in [6.07, 6.45) is 6.58. The van der Waals surface area contributed by atoms with Crippen LogP contribution in [0.4, 0.5) is 5.69 Å². The first-order chi connectivity index (χ1) is 12.0. The van der Waals surface area contributed by atoms with E-state index < -0.39 is 10.0 Å². The molecule has 0 amide bonds. The van der Waals surface area contributed by atoms with Gasteiger partial charge in [0, 0.05) is 17.4 Å². The van der Waals surface area contributed by atoms with Gasteiger partial charge in [0.2, 0.25) is 10.0 Å². The molecule has 4 aromatic rings. The molecular weight excluding hydrogens is 356 g/mol. The first-order valence-electron chi connectivity index (χ1n) is 7.45. The van der Waals surface area contributed by atoms with Crippen LogP contribution in [-0.2, 0) is 10.0 Å². The lowest BCUT2D eigenvalue weighted by Gasteiger charge is -2.07. The van der Waals surface area contributed by atoms with Gasteiger partial charge in [0.15, 0.2) is 5.65 Å². The Kier molecular flexibility index (Phi) is 3.78. The topological polar surface area (TPSA) is 76.4 Å². The summed E-state index contributed by atoms with van der Waals surface area (Å²) in [5, 5.41) is 2.02. The predicted molar refractivity (Wildman–Crippen MR) is 100 cm³/mol. The fraction of sp³-hybridized carbons (Fsp3) is 0.0588. The lowest BCUT2D eigenvalue weighted by atomic mass is 10.1. The van der Waals surface area contributed by atoms with Gasteiger partial charge in [0.05, 0.1) is 34.9 Å². The Bertz CT molecular complexity index is 1150. The molecule has 0 atom stereocenters. The van der Waals surface area contributed by atoms with Gasteiger partial charge in [0.1, 0.15) is 0 Å². The van der Waals surface area contributed by atoms with Crippen LogP contribution in [-0.4, -0.2) is 29.0 Å². The van der Waals surface area contributed by atoms with Gasteiger partial charge in [-0.15, -0.1) is 11.3 Å². The molecule has 126 valence electrons. The number of thiophene rings is 1. The lowest BCUT2D eigenvalue weighted by molar-refractivity contribution is 0.607. The van der Waals surface area contributed by atoms with E-state index in [9.17, 15) is 8.42 Å². The first-order valence-corrected chi connectivity index (χ1v) is 10.2. The second kappa shape index (κ2) is 5.98. The molecule has 1 aromatic carbocycles. The number of rotatable bonds is 4. The zero-order valence-corrected chi connectivity index (χ0v) is 14.9. The predicted octanol–water partition coefficient (Wildman–Crippen LogP) is 3.50. The van der Waals surface area contributed by atoms with Crippen LogP contribution in [0.15, 0.2) is 60.4 Å². The number of sulfonamides is 1. The molecule has 0 spiro atoms. The third kappa shape index (κ3) is 3.26. The molecule has 3 heterocycles. The SMILES string of the molecule is CS(=O)(=O)Nc1cccc(-c2cn3c(-c4cccs4)cnc3cn2)c1. The van der Waals surface area contributed by atoms with Crippen molar-refractivity contribution in [2.75, 3.05) is 11.0 Å². The smallest absolute Gasteiger partial charge is 0.229 e. The van der Waals surface area contributed by atoms with Crippen molar-refractivity contribution >= 4 is 32.7 Å². The summed E-state index contributed by atoms with van der Waals surface area (Å²) in [5.41, 5.74) is 3.82. The van der Waals surface area contributed by atoms with Crippen LogP contribution in [0.5, 0.6) is 0 Å². The molecule has 3 aromatic heterocycles. The highest BCUT2D eigenvalue weighted by Crippen LogP contribution is 2.27. The van der Waals surface area contributed by atoms with Gasteiger partial charge in [-0.2, -0.15) is 0 Å². The Labute approximate surface area is 148 Å². The number of hydrogen-bond acceptors (Lipinski definition) is 5. The summed E-state index contributed by atoms with van der Waals surface area (Å²) in [6, 6.07) is 11.2. The van der Waals surface area contributed by atoms with Crippen molar-refractivity contribution in [1.82, 2.24) is 14.4 Å². The van der Waals surface area contributed by atoms with Crippen LogP contribution >= 0.6 is 11.3 Å². The van der Waals surface area contributed by atoms with E-state index in [4.69, 9.17) is 0 Å². The van der Waals surface area contributed by atoms with E-state index in [0.29, 0.717) is 5.69 Å². The summed E-state index contributed by atoms with van der Waals surface area (Å²) in [6.45, 7) is 0. The molecule has 0 unspecified atom stereocenters. The quantitative estimate of drug-likeness (QED) is 0.596. The van der Waals surface area contributed by atoms with Gasteiger partial charge >= 0.3 is 0 Å². The molecule has 4 rings (SSSR count). The molecule has 0 radical (unpaired) electrons. The Balaban J connectivity index is 1.80. The van der Waals surface area contributed by atoms with Crippen molar-refractivity contribution in [3.8, 4) is 21.8 Å². The Morgan fingerprint density at radius 2 is 2.00 bits per heavy atom. The molecule has 0 aliphatic carbocycles. The van der Waals surface area contributed by atoms with Crippen molar-refractivity contribution < 1.29 is 8.42 Å². The van der Waals surface area contributed by atoms with E-state index >= 15 is 0 Å². The average Bonchev–Trinajstić information content (AvgIpc) is 3.22. The van der Waals surface area contributed by atoms with E-state index in [0.717, 1.165) is 33.7 Å². The molecule has 0 saturated heterocycles. The first kappa shape index (κ1) is 15.8. The van der Waals surface area contributed by atoms with Crippen molar-refractivity contribution in [2.45, 2.75) is 0 Å². The molecular formula is C17H14N4O2S2. The number of nitrogens with one attached hydrogen (secondary N) is 1. The highest BCUT2D eigenvalue weighted by Gasteiger charge is 2.10. The van der Waals surface area contributed by atoms with E-state index in [1.807, 2.05) is 40.4 Å². The molecule has 6 nitrogen and oxygen atoms in total. The van der Waals surface area contributed by atoms with Crippen LogP contribution in [0.3, 0.4) is 0 Å². The number of anilines is 1. The lowest BCUT2D eigenvalue weighted by Crippen LogP contribution is -2.09. The van der Waals surface area contributed by atoms with Crippen LogP contribution in [0.25, 0.3) is 27.5 Å². The van der Waals surface area contributed by atoms with Gasteiger partial charge in [-0.1, -0.05) is 18.2 Å². The van der Waals surface area contributed by atoms with Crippen molar-refractivity contribution in [2.24, 2.45) is 0 Å². The van der Waals surface area contributed by atoms with Crippen LogP contribution < -0.4 is 4.72 Å². The molecule has 1 N–H and O–H groups in total. The van der Waals surface area contributed by atoms with Crippen LogP contribution in [0.2, 0.25) is 0 Å². The summed E-state index contributed by atoms with van der Waals surface area (Å²) < 4.78 is 27.3. The molecule has 0 saturated carbocycles. The highest BCUT2D eigenvalue weighted by atomic mass is 32.2. The molecule has 8 heteroatoms. The van der Waals surface area contributed by atoms with Crippen LogP contribution in [0.1, 0.15) is 0 Å². The van der Waals surface area contributed by atoms with Gasteiger partial charge in [-0.3, -0.25) is 14.1 Å². The Hall–Kier alpha value is -2.71. The number of hydrogen-bond donors (Lipinski definition) is 1. The fourth-order valence-electron chi connectivity index (χ4n) is 2.60. The number of fused-ring (bicyclic) bond motifs is 1. The van der Waals surface area contributed by atoms with Gasteiger partial charge in [0.25, 0.3) is 0 Å². The molecule has 25 heavy (non-hydrogen) atoms. The van der Waals surface area contributed by atoms with E-state index in [1.165, 1.54) is 0 Å². The number of nitrogens with zero attached hydrogens (tertiary/aromatic N) is 3. The number of benzene rings is 1. The Morgan fingerprint density at radius 3 is 2.76 bits per heavy atom. The maximum atomic E-state index is 11.4. The fourth-order valence-corrected chi connectivity index (χ4v) is 3.89. The van der Waals surface area contributed by atoms with E-state index in [1.54, 1.807) is 35.7 Å². The highest BCUT2D eigenvalue weighted by molar-refractivity contribution is 7.92. The number of aromatic nitrogens is 3. The minimum absolute atomic E-state index is 0.506. The third-order valence-corrected chi connectivity index (χ3v) is 5.13. The summed E-state index contributed by atoms with van der Waals surface area (Å²) in [7, 11) is -3.32. The zero-order chi connectivity index (χ0) is 17.4. The molecule has 0 bridgehead atoms. The Morgan fingerprint density at radius 1 is 1.12 bits per heavy atom. The van der Waals surface area contributed by atoms with Crippen molar-refractivity contribution in [1.29, 1.82) is 0 Å². The second-order valence-electron chi connectivity index (χ2n) is 5.58. The zero-order valence-electron chi connectivity index (χ0n) is 13.2. The summed E-state index contributed by atoms with van der Waals surface area (Å²) >= 11 is 1.65. The summed E-state index contributed by atoms with van der Waals surface area (Å²) in [5.74, 6) is 0. The average molecular weight is 370 g/mol. The van der Waals surface area contributed by atoms with Gasteiger partial charge in [-0.05, 0) is 23.6 Å². The number of imidazole rings is 1. The van der Waals surface area contributed by atoms with E-state index in [-0.39, 0.29) is 0 Å². The van der Waals surface area contributed by atoms with E-state index in [2.05, 4.69) is 14.7 Å². The standard InChI is InChI=1S/C17H14N4O2S2/c1-25(22,23)20-13-5-2-4-12(8-13)14-11-21-15(16-6-3-7-24-16)9-19-17(21)10-18-14/h2-11,20H,1H3. The van der Waals surface area contributed by atoms with Gasteiger partial charge in [-0.25, -0.2) is 13.4 Å². The molecule has 0 fully saturated rings. The maximum Gasteiger partial charge on any atom is 0.229 e. The van der Waals surface area contributed by atoms with Crippen molar-refractivity contribution in [3.05, 3.63) is 60.4 Å². The third-order valence-electron chi connectivity index (χ3n) is 3.63. The summed E-state index contributed by atoms with van der Waals surface area (Å²) in [4.78, 5) is 9.97. The maximum absolute atomic E-state index is 11.4. The molecule has 0 aliphatic heterocycles. The van der Waals surface area contributed by atoms with Crippen molar-refractivity contribution in [3.63, 3.8) is 0 Å². The van der Waals surface area contributed by atoms with Gasteiger partial charge < -0.3 is 0 Å². The normalized spacial score (nSPS) is 11.7. The van der Waals surface area contributed by atoms with Crippen LogP contribution in [0, 0.1) is 0 Å². The monoisotopic (exact) mass is 370 g/mol. The second-order valence-corrected chi connectivity index (χ2v) is 8.27. The largest absolute Gasteiger partial charge is 0.295 e. The molecule has 0 aliphatic rings. The minimum Gasteiger partial charge on any atom is -0.295 e.